The minimum atomic E-state index is -0.0703. The second kappa shape index (κ2) is 6.00. The van der Waals surface area contributed by atoms with Crippen LogP contribution in [0.15, 0.2) is 36.4 Å². The Morgan fingerprint density at radius 1 is 1.14 bits per heavy atom. The molecule has 2 rings (SSSR count). The summed E-state index contributed by atoms with van der Waals surface area (Å²) in [7, 11) is 1.64. The standard InChI is InChI=1S/C18H22N2O/c1-11(2)15-10-17(19)12(3)9-16(15)13-5-7-14(8-6-13)18(21)20-4/h5-11H,19H2,1-4H3,(H,20,21). The number of anilines is 1. The number of nitrogens with one attached hydrogen (secondary N) is 1. The van der Waals surface area contributed by atoms with Gasteiger partial charge in [0.15, 0.2) is 0 Å². The van der Waals surface area contributed by atoms with E-state index < -0.39 is 0 Å². The van der Waals surface area contributed by atoms with Gasteiger partial charge in [-0.1, -0.05) is 26.0 Å². The van der Waals surface area contributed by atoms with Gasteiger partial charge in [0, 0.05) is 18.3 Å². The Morgan fingerprint density at radius 3 is 2.29 bits per heavy atom. The third-order valence-electron chi connectivity index (χ3n) is 3.75. The predicted octanol–water partition coefficient (Wildman–Crippen LogP) is 3.73. The molecule has 1 amide bonds. The van der Waals surface area contributed by atoms with E-state index in [1.165, 1.54) is 11.1 Å². The van der Waals surface area contributed by atoms with E-state index in [9.17, 15) is 4.79 Å². The number of hydrogen-bond donors (Lipinski definition) is 2. The summed E-state index contributed by atoms with van der Waals surface area (Å²) in [5.74, 6) is 0.320. The van der Waals surface area contributed by atoms with E-state index >= 15 is 0 Å². The molecule has 0 atom stereocenters. The average Bonchev–Trinajstić information content (AvgIpc) is 2.48. The van der Waals surface area contributed by atoms with Crippen LogP contribution >= 0.6 is 0 Å². The van der Waals surface area contributed by atoms with Crippen molar-refractivity contribution < 1.29 is 4.79 Å². The van der Waals surface area contributed by atoms with E-state index in [1.807, 2.05) is 31.2 Å². The van der Waals surface area contributed by atoms with E-state index in [0.717, 1.165) is 16.8 Å². The highest BCUT2D eigenvalue weighted by molar-refractivity contribution is 5.94. The van der Waals surface area contributed by atoms with Crippen LogP contribution in [0.1, 0.15) is 41.3 Å². The maximum Gasteiger partial charge on any atom is 0.251 e. The molecule has 2 aromatic rings. The van der Waals surface area contributed by atoms with Crippen LogP contribution in [0.3, 0.4) is 0 Å². The molecule has 0 aromatic heterocycles. The smallest absolute Gasteiger partial charge is 0.251 e. The second-order valence-corrected chi connectivity index (χ2v) is 5.61. The Hall–Kier alpha value is -2.29. The van der Waals surface area contributed by atoms with Crippen LogP contribution in [-0.2, 0) is 0 Å². The summed E-state index contributed by atoms with van der Waals surface area (Å²) < 4.78 is 0. The molecule has 3 heteroatoms. The Bertz CT molecular complexity index is 658. The van der Waals surface area contributed by atoms with Crippen molar-refractivity contribution in [1.29, 1.82) is 0 Å². The average molecular weight is 282 g/mol. The number of carbonyl (C=O) groups excluding carboxylic acids is 1. The molecule has 3 N–H and O–H groups in total. The number of amides is 1. The quantitative estimate of drug-likeness (QED) is 0.843. The first-order valence-corrected chi connectivity index (χ1v) is 7.16. The van der Waals surface area contributed by atoms with Gasteiger partial charge in [-0.05, 0) is 59.4 Å². The fourth-order valence-electron chi connectivity index (χ4n) is 2.42. The molecule has 0 unspecified atom stereocenters. The number of benzene rings is 2. The lowest BCUT2D eigenvalue weighted by Gasteiger charge is -2.16. The Balaban J connectivity index is 2.51. The van der Waals surface area contributed by atoms with Gasteiger partial charge in [0.05, 0.1) is 0 Å². The lowest BCUT2D eigenvalue weighted by molar-refractivity contribution is 0.0963. The molecule has 0 fully saturated rings. The van der Waals surface area contributed by atoms with Gasteiger partial charge in [0.2, 0.25) is 0 Å². The van der Waals surface area contributed by atoms with E-state index in [0.29, 0.717) is 11.5 Å². The molecule has 0 spiro atoms. The lowest BCUT2D eigenvalue weighted by Crippen LogP contribution is -2.17. The Kier molecular flexibility index (Phi) is 4.32. The molecule has 0 aliphatic rings. The zero-order chi connectivity index (χ0) is 15.6. The van der Waals surface area contributed by atoms with Gasteiger partial charge >= 0.3 is 0 Å². The molecule has 0 aliphatic carbocycles. The van der Waals surface area contributed by atoms with Crippen LogP contribution in [0.25, 0.3) is 11.1 Å². The van der Waals surface area contributed by atoms with Gasteiger partial charge in [-0.25, -0.2) is 0 Å². The molecule has 0 saturated carbocycles. The molecule has 0 heterocycles. The molecule has 3 nitrogen and oxygen atoms in total. The zero-order valence-electron chi connectivity index (χ0n) is 13.0. The van der Waals surface area contributed by atoms with Crippen LogP contribution in [0.2, 0.25) is 0 Å². The van der Waals surface area contributed by atoms with Gasteiger partial charge < -0.3 is 11.1 Å². The normalized spacial score (nSPS) is 10.7. The molecular weight excluding hydrogens is 260 g/mol. The second-order valence-electron chi connectivity index (χ2n) is 5.61. The molecule has 0 radical (unpaired) electrons. The molecule has 0 bridgehead atoms. The lowest BCUT2D eigenvalue weighted by atomic mass is 9.90. The van der Waals surface area contributed by atoms with Crippen LogP contribution < -0.4 is 11.1 Å². The zero-order valence-corrected chi connectivity index (χ0v) is 13.0. The molecule has 0 saturated heterocycles. The monoisotopic (exact) mass is 282 g/mol. The van der Waals surface area contributed by atoms with Crippen molar-refractivity contribution in [2.75, 3.05) is 12.8 Å². The predicted molar refractivity (Wildman–Crippen MR) is 88.5 cm³/mol. The minimum Gasteiger partial charge on any atom is -0.399 e. The number of nitrogen functional groups attached to an aromatic ring is 1. The third kappa shape index (κ3) is 3.07. The maximum atomic E-state index is 11.6. The van der Waals surface area contributed by atoms with Crippen molar-refractivity contribution in [2.24, 2.45) is 0 Å². The molecule has 110 valence electrons. The fourth-order valence-corrected chi connectivity index (χ4v) is 2.42. The summed E-state index contributed by atoms with van der Waals surface area (Å²) in [6.45, 7) is 6.33. The number of rotatable bonds is 3. The summed E-state index contributed by atoms with van der Waals surface area (Å²) in [6.07, 6.45) is 0. The first-order valence-electron chi connectivity index (χ1n) is 7.16. The fraction of sp³-hybridized carbons (Fsp3) is 0.278. The van der Waals surface area contributed by atoms with Crippen molar-refractivity contribution in [3.05, 3.63) is 53.1 Å². The SMILES string of the molecule is CNC(=O)c1ccc(-c2cc(C)c(N)cc2C(C)C)cc1. The molecular formula is C18H22N2O. The van der Waals surface area contributed by atoms with Crippen molar-refractivity contribution in [1.82, 2.24) is 5.32 Å². The first-order chi connectivity index (χ1) is 9.93. The number of hydrogen-bond acceptors (Lipinski definition) is 2. The summed E-state index contributed by atoms with van der Waals surface area (Å²) in [5.41, 5.74) is 12.1. The first kappa shape index (κ1) is 15.1. The molecule has 21 heavy (non-hydrogen) atoms. The Labute approximate surface area is 126 Å². The number of aryl methyl sites for hydroxylation is 1. The van der Waals surface area contributed by atoms with Gasteiger partial charge in [0.25, 0.3) is 5.91 Å². The summed E-state index contributed by atoms with van der Waals surface area (Å²) in [4.78, 5) is 11.6. The van der Waals surface area contributed by atoms with E-state index in [4.69, 9.17) is 5.73 Å². The largest absolute Gasteiger partial charge is 0.399 e. The van der Waals surface area contributed by atoms with Gasteiger partial charge in [-0.3, -0.25) is 4.79 Å². The van der Waals surface area contributed by atoms with Gasteiger partial charge in [-0.2, -0.15) is 0 Å². The van der Waals surface area contributed by atoms with Crippen molar-refractivity contribution >= 4 is 11.6 Å². The minimum absolute atomic E-state index is 0.0703. The maximum absolute atomic E-state index is 11.6. The molecule has 2 aromatic carbocycles. The summed E-state index contributed by atoms with van der Waals surface area (Å²) >= 11 is 0. The van der Waals surface area contributed by atoms with E-state index in [-0.39, 0.29) is 5.91 Å². The van der Waals surface area contributed by atoms with Crippen LogP contribution in [0, 0.1) is 6.92 Å². The number of nitrogens with two attached hydrogens (primary N) is 1. The third-order valence-corrected chi connectivity index (χ3v) is 3.75. The number of carbonyl (C=O) groups is 1. The van der Waals surface area contributed by atoms with Crippen molar-refractivity contribution in [3.63, 3.8) is 0 Å². The topological polar surface area (TPSA) is 55.1 Å². The summed E-state index contributed by atoms with van der Waals surface area (Å²) in [6, 6.07) is 11.9. The highest BCUT2D eigenvalue weighted by atomic mass is 16.1. The molecule has 0 aliphatic heterocycles. The highest BCUT2D eigenvalue weighted by Crippen LogP contribution is 2.33. The van der Waals surface area contributed by atoms with E-state index in [2.05, 4.69) is 31.3 Å². The van der Waals surface area contributed by atoms with Gasteiger partial charge in [-0.15, -0.1) is 0 Å². The highest BCUT2D eigenvalue weighted by Gasteiger charge is 2.12. The van der Waals surface area contributed by atoms with Crippen molar-refractivity contribution in [2.45, 2.75) is 26.7 Å². The van der Waals surface area contributed by atoms with Gasteiger partial charge in [0.1, 0.15) is 0 Å². The Morgan fingerprint density at radius 2 is 1.76 bits per heavy atom. The van der Waals surface area contributed by atoms with Crippen LogP contribution in [0.4, 0.5) is 5.69 Å². The van der Waals surface area contributed by atoms with Crippen LogP contribution in [0.5, 0.6) is 0 Å². The van der Waals surface area contributed by atoms with E-state index in [1.54, 1.807) is 7.05 Å². The van der Waals surface area contributed by atoms with Crippen molar-refractivity contribution in [3.8, 4) is 11.1 Å². The summed E-state index contributed by atoms with van der Waals surface area (Å²) in [5, 5.41) is 2.63. The van der Waals surface area contributed by atoms with Crippen LogP contribution in [-0.4, -0.2) is 13.0 Å².